The van der Waals surface area contributed by atoms with Crippen LogP contribution in [-0.4, -0.2) is 40.7 Å². The number of allylic oxidation sites excluding steroid dienone is 2. The zero-order valence-electron chi connectivity index (χ0n) is 11.7. The minimum absolute atomic E-state index is 0.184. The predicted octanol–water partition coefficient (Wildman–Crippen LogP) is 2.07. The standard InChI is InChI=1S/C14H18B2O4/c1-12(13-5-3-2-4-6-13)14(16-19-9-10-20-16)11-15-17-7-8-18-15/h2-6H,7-11H2,1H3/b14-12+. The molecule has 0 aromatic heterocycles. The fourth-order valence-electron chi connectivity index (χ4n) is 2.56. The molecule has 2 fully saturated rings. The summed E-state index contributed by atoms with van der Waals surface area (Å²) in [5, 5.41) is 0. The quantitative estimate of drug-likeness (QED) is 0.786. The van der Waals surface area contributed by atoms with Gasteiger partial charge in [0, 0.05) is 6.32 Å². The highest BCUT2D eigenvalue weighted by molar-refractivity contribution is 6.60. The summed E-state index contributed by atoms with van der Waals surface area (Å²) in [4.78, 5) is 0. The Labute approximate surface area is 120 Å². The van der Waals surface area contributed by atoms with Crippen molar-refractivity contribution in [2.45, 2.75) is 13.2 Å². The summed E-state index contributed by atoms with van der Waals surface area (Å²) >= 11 is 0. The molecule has 0 aliphatic carbocycles. The van der Waals surface area contributed by atoms with Crippen LogP contribution in [0.4, 0.5) is 0 Å². The minimum Gasteiger partial charge on any atom is -0.409 e. The Balaban J connectivity index is 1.86. The van der Waals surface area contributed by atoms with Gasteiger partial charge in [-0.15, -0.1) is 0 Å². The maximum Gasteiger partial charge on any atom is 0.489 e. The third-order valence-corrected chi connectivity index (χ3v) is 3.67. The molecule has 0 unspecified atom stereocenters. The summed E-state index contributed by atoms with van der Waals surface area (Å²) in [6, 6.07) is 10.3. The Morgan fingerprint density at radius 1 is 0.950 bits per heavy atom. The molecule has 0 spiro atoms. The van der Waals surface area contributed by atoms with Crippen molar-refractivity contribution in [1.29, 1.82) is 0 Å². The third kappa shape index (κ3) is 3.15. The molecule has 4 nitrogen and oxygen atoms in total. The smallest absolute Gasteiger partial charge is 0.409 e. The van der Waals surface area contributed by atoms with Gasteiger partial charge in [-0.05, 0) is 23.5 Å². The van der Waals surface area contributed by atoms with E-state index in [-0.39, 0.29) is 14.2 Å². The van der Waals surface area contributed by atoms with E-state index in [4.69, 9.17) is 18.6 Å². The maximum atomic E-state index is 5.68. The lowest BCUT2D eigenvalue weighted by atomic mass is 9.63. The molecule has 3 rings (SSSR count). The lowest BCUT2D eigenvalue weighted by Gasteiger charge is -2.15. The Kier molecular flexibility index (Phi) is 4.58. The van der Waals surface area contributed by atoms with E-state index in [2.05, 4.69) is 19.1 Å². The topological polar surface area (TPSA) is 36.9 Å². The van der Waals surface area contributed by atoms with Crippen LogP contribution in [0.25, 0.3) is 5.57 Å². The summed E-state index contributed by atoms with van der Waals surface area (Å²) in [5.41, 5.74) is 3.47. The van der Waals surface area contributed by atoms with Crippen molar-refractivity contribution >= 4 is 19.8 Å². The molecule has 0 radical (unpaired) electrons. The molecule has 2 heterocycles. The van der Waals surface area contributed by atoms with Crippen LogP contribution in [0.15, 0.2) is 35.8 Å². The van der Waals surface area contributed by atoms with E-state index in [1.165, 1.54) is 11.1 Å². The molecule has 2 aliphatic rings. The van der Waals surface area contributed by atoms with Gasteiger partial charge >= 0.3 is 14.2 Å². The van der Waals surface area contributed by atoms with Gasteiger partial charge < -0.3 is 18.6 Å². The molecule has 20 heavy (non-hydrogen) atoms. The number of benzene rings is 1. The van der Waals surface area contributed by atoms with E-state index in [1.54, 1.807) is 0 Å². The zero-order valence-corrected chi connectivity index (χ0v) is 11.7. The predicted molar refractivity (Wildman–Crippen MR) is 79.2 cm³/mol. The molecule has 2 saturated heterocycles. The first kappa shape index (κ1) is 13.9. The number of rotatable bonds is 4. The Morgan fingerprint density at radius 2 is 1.55 bits per heavy atom. The lowest BCUT2D eigenvalue weighted by molar-refractivity contribution is 0.365. The van der Waals surface area contributed by atoms with Gasteiger partial charge in [-0.1, -0.05) is 30.3 Å². The molecule has 0 atom stereocenters. The molecule has 0 saturated carbocycles. The molecule has 1 aromatic carbocycles. The van der Waals surface area contributed by atoms with Gasteiger partial charge in [0.2, 0.25) is 0 Å². The molecule has 1 aromatic rings. The highest BCUT2D eigenvalue weighted by Crippen LogP contribution is 2.27. The van der Waals surface area contributed by atoms with Crippen LogP contribution in [0.1, 0.15) is 12.5 Å². The SMILES string of the molecule is C/C(=C(/CB1OCCO1)B1OCCO1)c1ccccc1. The van der Waals surface area contributed by atoms with E-state index in [9.17, 15) is 0 Å². The average Bonchev–Trinajstić information content (AvgIpc) is 3.18. The molecule has 6 heteroatoms. The van der Waals surface area contributed by atoms with E-state index in [1.807, 2.05) is 18.2 Å². The molecular weight excluding hydrogens is 254 g/mol. The molecule has 2 aliphatic heterocycles. The van der Waals surface area contributed by atoms with E-state index < -0.39 is 0 Å². The summed E-state index contributed by atoms with van der Waals surface area (Å²) in [5.74, 6) is 0. The Bertz CT molecular complexity index is 465. The van der Waals surface area contributed by atoms with Gasteiger partial charge in [0.1, 0.15) is 0 Å². The van der Waals surface area contributed by atoms with Gasteiger partial charge in [-0.2, -0.15) is 0 Å². The van der Waals surface area contributed by atoms with Crippen molar-refractivity contribution in [2.75, 3.05) is 26.4 Å². The largest absolute Gasteiger partial charge is 0.489 e. The first-order valence-electron chi connectivity index (χ1n) is 7.06. The van der Waals surface area contributed by atoms with Crippen molar-refractivity contribution in [3.05, 3.63) is 41.4 Å². The van der Waals surface area contributed by atoms with Crippen LogP contribution in [0.2, 0.25) is 6.32 Å². The summed E-state index contributed by atoms with van der Waals surface area (Å²) < 4.78 is 22.5. The van der Waals surface area contributed by atoms with Crippen LogP contribution in [-0.2, 0) is 18.6 Å². The molecular formula is C14H18B2O4. The van der Waals surface area contributed by atoms with Crippen LogP contribution in [0.3, 0.4) is 0 Å². The van der Waals surface area contributed by atoms with Gasteiger partial charge in [0.25, 0.3) is 0 Å². The van der Waals surface area contributed by atoms with Crippen LogP contribution >= 0.6 is 0 Å². The van der Waals surface area contributed by atoms with Crippen molar-refractivity contribution in [3.63, 3.8) is 0 Å². The number of hydrogen-bond donors (Lipinski definition) is 0. The normalized spacial score (nSPS) is 20.4. The minimum atomic E-state index is -0.275. The van der Waals surface area contributed by atoms with Crippen LogP contribution in [0, 0.1) is 0 Å². The molecule has 0 amide bonds. The van der Waals surface area contributed by atoms with E-state index in [0.29, 0.717) is 32.7 Å². The highest BCUT2D eigenvalue weighted by Gasteiger charge is 2.35. The number of hydrogen-bond acceptors (Lipinski definition) is 4. The Hall–Kier alpha value is -1.07. The second-order valence-electron chi connectivity index (χ2n) is 4.97. The second-order valence-corrected chi connectivity index (χ2v) is 4.97. The first-order valence-corrected chi connectivity index (χ1v) is 7.06. The summed E-state index contributed by atoms with van der Waals surface area (Å²) in [6.45, 7) is 4.71. The van der Waals surface area contributed by atoms with Crippen molar-refractivity contribution in [3.8, 4) is 0 Å². The van der Waals surface area contributed by atoms with Gasteiger partial charge in [0.05, 0.1) is 26.4 Å². The van der Waals surface area contributed by atoms with Gasteiger partial charge in [-0.25, -0.2) is 0 Å². The van der Waals surface area contributed by atoms with Gasteiger partial charge in [-0.3, -0.25) is 0 Å². The van der Waals surface area contributed by atoms with E-state index >= 15 is 0 Å². The first-order chi connectivity index (χ1) is 9.84. The van der Waals surface area contributed by atoms with Crippen molar-refractivity contribution in [2.24, 2.45) is 0 Å². The Morgan fingerprint density at radius 3 is 2.20 bits per heavy atom. The molecule has 0 bridgehead atoms. The monoisotopic (exact) mass is 272 g/mol. The highest BCUT2D eigenvalue weighted by atomic mass is 16.6. The molecule has 0 N–H and O–H groups in total. The average molecular weight is 272 g/mol. The zero-order chi connectivity index (χ0) is 13.8. The lowest BCUT2D eigenvalue weighted by Crippen LogP contribution is -2.25. The summed E-state index contributed by atoms with van der Waals surface area (Å²) in [6.07, 6.45) is 0.686. The fraction of sp³-hybridized carbons (Fsp3) is 0.429. The second kappa shape index (κ2) is 6.59. The van der Waals surface area contributed by atoms with Crippen LogP contribution < -0.4 is 0 Å². The molecule has 104 valence electrons. The van der Waals surface area contributed by atoms with Crippen LogP contribution in [0.5, 0.6) is 0 Å². The summed E-state index contributed by atoms with van der Waals surface area (Å²) in [7, 11) is -0.459. The van der Waals surface area contributed by atoms with E-state index in [0.717, 1.165) is 5.47 Å². The van der Waals surface area contributed by atoms with Gasteiger partial charge in [0.15, 0.2) is 0 Å². The van der Waals surface area contributed by atoms with Crippen molar-refractivity contribution < 1.29 is 18.6 Å². The third-order valence-electron chi connectivity index (χ3n) is 3.67. The maximum absolute atomic E-state index is 5.68. The van der Waals surface area contributed by atoms with Crippen molar-refractivity contribution in [1.82, 2.24) is 0 Å². The fourth-order valence-corrected chi connectivity index (χ4v) is 2.56.